The van der Waals surface area contributed by atoms with Crippen molar-refractivity contribution < 1.29 is 4.79 Å². The molecule has 0 radical (unpaired) electrons. The van der Waals surface area contributed by atoms with E-state index in [4.69, 9.17) is 0 Å². The first-order chi connectivity index (χ1) is 8.34. The zero-order valence-electron chi connectivity index (χ0n) is 9.46. The van der Waals surface area contributed by atoms with Gasteiger partial charge >= 0.3 is 0 Å². The minimum absolute atomic E-state index is 0.267. The molecule has 17 heavy (non-hydrogen) atoms. The Morgan fingerprint density at radius 3 is 2.65 bits per heavy atom. The van der Waals surface area contributed by atoms with E-state index < -0.39 is 0 Å². The largest absolute Gasteiger partial charge is 0.287 e. The Morgan fingerprint density at radius 1 is 1.12 bits per heavy atom. The zero-order chi connectivity index (χ0) is 11.9. The standard InChI is InChI=1S/C14H14OS2/c15-13(17-14-10-5-11-16-14)9-4-8-12-6-2-1-3-7-12/h1-3,5-7,10-11H,4,8-9H2. The van der Waals surface area contributed by atoms with Crippen LogP contribution in [0, 0.1) is 0 Å². The number of thioether (sulfide) groups is 1. The summed E-state index contributed by atoms with van der Waals surface area (Å²) in [6, 6.07) is 14.3. The smallest absolute Gasteiger partial charge is 0.194 e. The molecule has 2 rings (SSSR count). The summed E-state index contributed by atoms with van der Waals surface area (Å²) in [4.78, 5) is 11.7. The molecule has 0 saturated carbocycles. The van der Waals surface area contributed by atoms with Crippen LogP contribution in [-0.4, -0.2) is 5.12 Å². The van der Waals surface area contributed by atoms with Crippen molar-refractivity contribution in [2.24, 2.45) is 0 Å². The van der Waals surface area contributed by atoms with E-state index in [0.29, 0.717) is 6.42 Å². The Bertz CT molecular complexity index is 448. The van der Waals surface area contributed by atoms with Gasteiger partial charge in [-0.2, -0.15) is 0 Å². The van der Waals surface area contributed by atoms with Crippen molar-refractivity contribution in [2.75, 3.05) is 0 Å². The van der Waals surface area contributed by atoms with Gasteiger partial charge in [0.15, 0.2) is 5.12 Å². The SMILES string of the molecule is O=C(CCCc1ccccc1)Sc1cccs1. The summed E-state index contributed by atoms with van der Waals surface area (Å²) in [7, 11) is 0. The first-order valence-corrected chi connectivity index (χ1v) is 7.32. The predicted octanol–water partition coefficient (Wildman–Crippen LogP) is 4.39. The number of carbonyl (C=O) groups is 1. The van der Waals surface area contributed by atoms with E-state index in [1.54, 1.807) is 11.3 Å². The van der Waals surface area contributed by atoms with Crippen LogP contribution < -0.4 is 0 Å². The van der Waals surface area contributed by atoms with E-state index in [1.165, 1.54) is 17.3 Å². The Balaban J connectivity index is 1.70. The van der Waals surface area contributed by atoms with Crippen molar-refractivity contribution in [1.82, 2.24) is 0 Å². The lowest BCUT2D eigenvalue weighted by Gasteiger charge is -2.00. The molecule has 0 fully saturated rings. The van der Waals surface area contributed by atoms with Crippen molar-refractivity contribution >= 4 is 28.2 Å². The predicted molar refractivity (Wildman–Crippen MR) is 74.6 cm³/mol. The van der Waals surface area contributed by atoms with E-state index in [-0.39, 0.29) is 5.12 Å². The maximum Gasteiger partial charge on any atom is 0.194 e. The second-order valence-electron chi connectivity index (χ2n) is 3.75. The molecular weight excluding hydrogens is 248 g/mol. The van der Waals surface area contributed by atoms with E-state index in [0.717, 1.165) is 17.1 Å². The van der Waals surface area contributed by atoms with Gasteiger partial charge in [0, 0.05) is 6.42 Å². The molecule has 0 aliphatic carbocycles. The second-order valence-corrected chi connectivity index (χ2v) is 6.05. The number of aryl methyl sites for hydroxylation is 1. The normalized spacial score (nSPS) is 10.4. The topological polar surface area (TPSA) is 17.1 Å². The van der Waals surface area contributed by atoms with Crippen LogP contribution in [0.2, 0.25) is 0 Å². The average Bonchev–Trinajstić information content (AvgIpc) is 2.83. The molecule has 0 aliphatic heterocycles. The van der Waals surface area contributed by atoms with E-state index in [9.17, 15) is 4.79 Å². The van der Waals surface area contributed by atoms with Crippen LogP contribution in [0.5, 0.6) is 0 Å². The summed E-state index contributed by atoms with van der Waals surface area (Å²) in [6.07, 6.45) is 2.57. The number of thiophene rings is 1. The first kappa shape index (κ1) is 12.4. The molecule has 0 spiro atoms. The second kappa shape index (κ2) is 6.62. The third-order valence-corrected chi connectivity index (χ3v) is 4.37. The Hall–Kier alpha value is -1.06. The number of hydrogen-bond donors (Lipinski definition) is 0. The Kier molecular flexibility index (Phi) is 4.83. The van der Waals surface area contributed by atoms with Gasteiger partial charge < -0.3 is 0 Å². The fourth-order valence-corrected chi connectivity index (χ4v) is 3.27. The highest BCUT2D eigenvalue weighted by Gasteiger charge is 2.05. The lowest BCUT2D eigenvalue weighted by molar-refractivity contribution is -0.111. The number of benzene rings is 1. The van der Waals surface area contributed by atoms with Crippen molar-refractivity contribution in [2.45, 2.75) is 23.5 Å². The van der Waals surface area contributed by atoms with Gasteiger partial charge in [-0.25, -0.2) is 0 Å². The summed E-state index contributed by atoms with van der Waals surface area (Å²) in [5, 5.41) is 2.27. The van der Waals surface area contributed by atoms with Crippen LogP contribution in [0.1, 0.15) is 18.4 Å². The van der Waals surface area contributed by atoms with Gasteiger partial charge in [-0.15, -0.1) is 11.3 Å². The summed E-state index contributed by atoms with van der Waals surface area (Å²) in [5.41, 5.74) is 1.31. The Morgan fingerprint density at radius 2 is 1.94 bits per heavy atom. The molecule has 2 aromatic rings. The minimum Gasteiger partial charge on any atom is -0.287 e. The molecule has 0 aliphatic rings. The Labute approximate surface area is 110 Å². The number of rotatable bonds is 5. The lowest BCUT2D eigenvalue weighted by atomic mass is 10.1. The summed E-state index contributed by atoms with van der Waals surface area (Å²) in [6.45, 7) is 0. The van der Waals surface area contributed by atoms with Crippen molar-refractivity contribution in [3.63, 3.8) is 0 Å². The maximum absolute atomic E-state index is 11.7. The van der Waals surface area contributed by atoms with Gasteiger partial charge in [-0.3, -0.25) is 4.79 Å². The molecule has 1 aromatic carbocycles. The van der Waals surface area contributed by atoms with Crippen molar-refractivity contribution in [1.29, 1.82) is 0 Å². The summed E-state index contributed by atoms with van der Waals surface area (Å²) >= 11 is 2.99. The van der Waals surface area contributed by atoms with Crippen LogP contribution in [0.3, 0.4) is 0 Å². The molecule has 0 bridgehead atoms. The molecule has 1 heterocycles. The highest BCUT2D eigenvalue weighted by Crippen LogP contribution is 2.25. The monoisotopic (exact) mass is 262 g/mol. The van der Waals surface area contributed by atoms with E-state index >= 15 is 0 Å². The third-order valence-electron chi connectivity index (χ3n) is 2.40. The van der Waals surface area contributed by atoms with Crippen LogP contribution in [-0.2, 0) is 11.2 Å². The number of hydrogen-bond acceptors (Lipinski definition) is 3. The molecule has 0 amide bonds. The van der Waals surface area contributed by atoms with Gasteiger partial charge in [0.2, 0.25) is 0 Å². The molecule has 0 unspecified atom stereocenters. The van der Waals surface area contributed by atoms with Crippen LogP contribution >= 0.6 is 23.1 Å². The molecule has 3 heteroatoms. The highest BCUT2D eigenvalue weighted by molar-refractivity contribution is 8.15. The van der Waals surface area contributed by atoms with Crippen molar-refractivity contribution in [3.05, 3.63) is 53.4 Å². The quantitative estimate of drug-likeness (QED) is 0.743. The van der Waals surface area contributed by atoms with Crippen molar-refractivity contribution in [3.8, 4) is 0 Å². The van der Waals surface area contributed by atoms with E-state index in [2.05, 4.69) is 12.1 Å². The molecule has 88 valence electrons. The van der Waals surface area contributed by atoms with Gasteiger partial charge in [0.25, 0.3) is 0 Å². The summed E-state index contributed by atoms with van der Waals surface area (Å²) < 4.78 is 1.09. The van der Waals surface area contributed by atoms with Crippen LogP contribution in [0.15, 0.2) is 52.1 Å². The molecule has 0 atom stereocenters. The van der Waals surface area contributed by atoms with Gasteiger partial charge in [0.05, 0.1) is 4.21 Å². The maximum atomic E-state index is 11.7. The number of carbonyl (C=O) groups excluding carboxylic acids is 1. The lowest BCUT2D eigenvalue weighted by Crippen LogP contribution is -1.93. The van der Waals surface area contributed by atoms with E-state index in [1.807, 2.05) is 35.7 Å². The van der Waals surface area contributed by atoms with Crippen LogP contribution in [0.25, 0.3) is 0 Å². The van der Waals surface area contributed by atoms with Crippen LogP contribution in [0.4, 0.5) is 0 Å². The van der Waals surface area contributed by atoms with Gasteiger partial charge in [-0.1, -0.05) is 36.4 Å². The van der Waals surface area contributed by atoms with Gasteiger partial charge in [-0.05, 0) is 41.6 Å². The average molecular weight is 262 g/mol. The third kappa shape index (κ3) is 4.36. The molecule has 0 N–H and O–H groups in total. The fraction of sp³-hybridized carbons (Fsp3) is 0.214. The zero-order valence-corrected chi connectivity index (χ0v) is 11.1. The first-order valence-electron chi connectivity index (χ1n) is 5.63. The molecule has 0 saturated heterocycles. The fourth-order valence-electron chi connectivity index (χ4n) is 1.57. The molecule has 1 nitrogen and oxygen atoms in total. The molecule has 1 aromatic heterocycles. The minimum atomic E-state index is 0.267. The molecular formula is C14H14OS2. The highest BCUT2D eigenvalue weighted by atomic mass is 32.2. The summed E-state index contributed by atoms with van der Waals surface area (Å²) in [5.74, 6) is 0. The van der Waals surface area contributed by atoms with Gasteiger partial charge in [0.1, 0.15) is 0 Å².